The Hall–Kier alpha value is -2.99. The largest absolute Gasteiger partial charge is 0.486 e. The number of nitrogens with zero attached hydrogens (tertiary/aromatic N) is 1. The third-order valence-corrected chi connectivity index (χ3v) is 9.07. The predicted octanol–water partition coefficient (Wildman–Crippen LogP) is 4.44. The average Bonchev–Trinajstić information content (AvgIpc) is 2.86. The van der Waals surface area contributed by atoms with Crippen molar-refractivity contribution >= 4 is 43.1 Å². The molecule has 1 heterocycles. The van der Waals surface area contributed by atoms with Gasteiger partial charge in [0.25, 0.3) is 10.0 Å². The van der Waals surface area contributed by atoms with Crippen molar-refractivity contribution in [2.45, 2.75) is 37.2 Å². The van der Waals surface area contributed by atoms with E-state index in [1.807, 2.05) is 0 Å². The van der Waals surface area contributed by atoms with Crippen LogP contribution in [0.3, 0.4) is 0 Å². The minimum absolute atomic E-state index is 0.00909. The predicted molar refractivity (Wildman–Crippen MR) is 144 cm³/mol. The Labute approximate surface area is 226 Å². The summed E-state index contributed by atoms with van der Waals surface area (Å²) in [7, 11) is -7.82. The van der Waals surface area contributed by atoms with Crippen molar-refractivity contribution in [3.05, 3.63) is 77.1 Å². The Morgan fingerprint density at radius 1 is 1.08 bits per heavy atom. The minimum atomic E-state index is -4.05. The highest BCUT2D eigenvalue weighted by Crippen LogP contribution is 2.42. The Balaban J connectivity index is 1.69. The Morgan fingerprint density at radius 3 is 2.53 bits per heavy atom. The maximum Gasteiger partial charge on any atom is 0.264 e. The van der Waals surface area contributed by atoms with E-state index in [0.29, 0.717) is 11.1 Å². The number of ether oxygens (including phenoxy) is 1. The summed E-state index contributed by atoms with van der Waals surface area (Å²) in [6, 6.07) is 15.7. The van der Waals surface area contributed by atoms with Crippen LogP contribution in [0.15, 0.2) is 65.6 Å². The molecular formula is C26H26ClFN2O6S2. The van der Waals surface area contributed by atoms with Crippen LogP contribution >= 0.6 is 11.6 Å². The van der Waals surface area contributed by atoms with Crippen LogP contribution in [-0.4, -0.2) is 41.0 Å². The van der Waals surface area contributed by atoms with Gasteiger partial charge in [-0.1, -0.05) is 41.9 Å². The SMILES string of the molecule is Cc1cccc(S(=O)(=O)N2C[C@H](CCC(=O)CCS(N)(=O)=O)Oc3ccc(-c4cccc(F)c4Cl)cc32)c1. The molecule has 0 spiro atoms. The molecule has 0 amide bonds. The molecule has 0 unspecified atom stereocenters. The van der Waals surface area contributed by atoms with Crippen molar-refractivity contribution in [1.82, 2.24) is 0 Å². The molecule has 38 heavy (non-hydrogen) atoms. The fraction of sp³-hybridized carbons (Fsp3) is 0.269. The zero-order valence-corrected chi connectivity index (χ0v) is 22.8. The highest BCUT2D eigenvalue weighted by atomic mass is 35.5. The molecule has 0 bridgehead atoms. The first-order chi connectivity index (χ1) is 17.8. The number of nitrogens with two attached hydrogens (primary N) is 1. The second-order valence-corrected chi connectivity index (χ2v) is 13.0. The summed E-state index contributed by atoms with van der Waals surface area (Å²) < 4.78 is 71.3. The number of hydrogen-bond acceptors (Lipinski definition) is 6. The molecule has 0 saturated carbocycles. The summed E-state index contributed by atoms with van der Waals surface area (Å²) in [5.74, 6) is -1.11. The first-order valence-corrected chi connectivity index (χ1v) is 15.2. The van der Waals surface area contributed by atoms with E-state index in [9.17, 15) is 26.0 Å². The van der Waals surface area contributed by atoms with Crippen molar-refractivity contribution < 1.29 is 30.8 Å². The lowest BCUT2D eigenvalue weighted by Gasteiger charge is -2.36. The van der Waals surface area contributed by atoms with Gasteiger partial charge in [-0.2, -0.15) is 0 Å². The third-order valence-electron chi connectivity index (χ3n) is 6.14. The number of halogens is 2. The van der Waals surface area contributed by atoms with E-state index in [1.54, 1.807) is 49.4 Å². The Kier molecular flexibility index (Phi) is 8.12. The van der Waals surface area contributed by atoms with E-state index in [4.69, 9.17) is 21.5 Å². The van der Waals surface area contributed by atoms with Gasteiger partial charge >= 0.3 is 0 Å². The van der Waals surface area contributed by atoms with E-state index < -0.39 is 37.7 Å². The number of hydrogen-bond donors (Lipinski definition) is 1. The molecule has 1 atom stereocenters. The molecule has 8 nitrogen and oxygen atoms in total. The summed E-state index contributed by atoms with van der Waals surface area (Å²) in [5.41, 5.74) is 1.90. The van der Waals surface area contributed by atoms with Crippen LogP contribution in [0.1, 0.15) is 24.8 Å². The molecule has 3 aromatic rings. The fourth-order valence-corrected chi connectivity index (χ4v) is 6.54. The van der Waals surface area contributed by atoms with Gasteiger partial charge in [-0.25, -0.2) is 26.4 Å². The van der Waals surface area contributed by atoms with Crippen molar-refractivity contribution in [2.24, 2.45) is 5.14 Å². The van der Waals surface area contributed by atoms with E-state index in [-0.39, 0.29) is 52.9 Å². The maximum absolute atomic E-state index is 14.1. The van der Waals surface area contributed by atoms with Crippen LogP contribution < -0.4 is 14.2 Å². The molecule has 0 saturated heterocycles. The summed E-state index contributed by atoms with van der Waals surface area (Å²) in [4.78, 5) is 12.3. The number of carbonyl (C=O) groups is 1. The number of rotatable bonds is 9. The highest BCUT2D eigenvalue weighted by molar-refractivity contribution is 7.92. The van der Waals surface area contributed by atoms with Gasteiger partial charge in [-0.3, -0.25) is 9.10 Å². The van der Waals surface area contributed by atoms with E-state index in [2.05, 4.69) is 0 Å². The number of anilines is 1. The molecule has 0 aliphatic carbocycles. The smallest absolute Gasteiger partial charge is 0.264 e. The number of ketones is 1. The highest BCUT2D eigenvalue weighted by Gasteiger charge is 2.35. The molecule has 4 rings (SSSR count). The topological polar surface area (TPSA) is 124 Å². The van der Waals surface area contributed by atoms with E-state index in [0.717, 1.165) is 5.56 Å². The fourth-order valence-electron chi connectivity index (χ4n) is 4.19. The van der Waals surface area contributed by atoms with Gasteiger partial charge in [-0.05, 0) is 54.8 Å². The minimum Gasteiger partial charge on any atom is -0.486 e. The molecule has 0 radical (unpaired) electrons. The van der Waals surface area contributed by atoms with Crippen molar-refractivity contribution in [3.8, 4) is 16.9 Å². The van der Waals surface area contributed by atoms with Crippen LogP contribution in [-0.2, 0) is 24.8 Å². The quantitative estimate of drug-likeness (QED) is 0.399. The first kappa shape index (κ1) is 28.0. The first-order valence-electron chi connectivity index (χ1n) is 11.7. The van der Waals surface area contributed by atoms with Crippen molar-refractivity contribution in [2.75, 3.05) is 16.6 Å². The molecule has 202 valence electrons. The standard InChI is InChI=1S/C26H26ClFN2O6S2/c1-17-4-2-5-21(14-17)38(34,35)30-16-20(10-9-19(31)12-13-37(29,32)33)36-25-11-8-18(15-24(25)30)22-6-3-7-23(28)26(22)27/h2-8,11,14-15,20H,9-10,12-13,16H2,1H3,(H2,29,32,33)/t20-/m0/s1. The molecule has 3 aromatic carbocycles. The summed E-state index contributed by atoms with van der Waals surface area (Å²) in [5, 5.41) is 4.88. The number of fused-ring (bicyclic) bond motifs is 1. The zero-order valence-electron chi connectivity index (χ0n) is 20.4. The van der Waals surface area contributed by atoms with Crippen LogP contribution in [0, 0.1) is 12.7 Å². The number of primary sulfonamides is 1. The third kappa shape index (κ3) is 6.35. The monoisotopic (exact) mass is 580 g/mol. The van der Waals surface area contributed by atoms with Gasteiger partial charge in [-0.15, -0.1) is 0 Å². The van der Waals surface area contributed by atoms with Crippen LogP contribution in [0.2, 0.25) is 5.02 Å². The molecule has 0 fully saturated rings. The average molecular weight is 581 g/mol. The van der Waals surface area contributed by atoms with Gasteiger partial charge in [0.05, 0.1) is 27.9 Å². The molecular weight excluding hydrogens is 555 g/mol. The molecule has 1 aliphatic heterocycles. The molecule has 2 N–H and O–H groups in total. The lowest BCUT2D eigenvalue weighted by molar-refractivity contribution is -0.119. The second-order valence-electron chi connectivity index (χ2n) is 9.07. The van der Waals surface area contributed by atoms with Crippen molar-refractivity contribution in [1.29, 1.82) is 0 Å². The Bertz CT molecular complexity index is 1590. The van der Waals surface area contributed by atoms with E-state index in [1.165, 1.54) is 22.5 Å². The number of Topliss-reactive ketones (excluding diaryl/α,β-unsaturated/α-hetero) is 1. The van der Waals surface area contributed by atoms with Crippen LogP contribution in [0.4, 0.5) is 10.1 Å². The van der Waals surface area contributed by atoms with Crippen molar-refractivity contribution in [3.63, 3.8) is 0 Å². The maximum atomic E-state index is 14.1. The van der Waals surface area contributed by atoms with Gasteiger partial charge in [0.1, 0.15) is 23.5 Å². The lowest BCUT2D eigenvalue weighted by atomic mass is 10.0. The van der Waals surface area contributed by atoms with Gasteiger partial charge < -0.3 is 4.74 Å². The van der Waals surface area contributed by atoms with Gasteiger partial charge in [0, 0.05) is 18.4 Å². The number of carbonyl (C=O) groups excluding carboxylic acids is 1. The second kappa shape index (κ2) is 11.0. The van der Waals surface area contributed by atoms with Gasteiger partial charge in [0.2, 0.25) is 10.0 Å². The van der Waals surface area contributed by atoms with Crippen LogP contribution in [0.5, 0.6) is 5.75 Å². The zero-order chi connectivity index (χ0) is 27.7. The summed E-state index contributed by atoms with van der Waals surface area (Å²) >= 11 is 6.18. The normalized spacial score (nSPS) is 15.6. The number of benzene rings is 3. The lowest BCUT2D eigenvalue weighted by Crippen LogP contribution is -2.43. The molecule has 12 heteroatoms. The summed E-state index contributed by atoms with van der Waals surface area (Å²) in [6.45, 7) is 1.69. The summed E-state index contributed by atoms with van der Waals surface area (Å²) in [6.07, 6.45) is -0.750. The number of sulfonamides is 2. The molecule has 0 aromatic heterocycles. The molecule has 1 aliphatic rings. The van der Waals surface area contributed by atoms with Gasteiger partial charge in [0.15, 0.2) is 0 Å². The van der Waals surface area contributed by atoms with Crippen LogP contribution in [0.25, 0.3) is 11.1 Å². The Morgan fingerprint density at radius 2 is 1.82 bits per heavy atom. The number of aryl methyl sites for hydroxylation is 1. The van der Waals surface area contributed by atoms with E-state index >= 15 is 0 Å².